The molecule has 1 aliphatic rings. The molecule has 0 radical (unpaired) electrons. The van der Waals surface area contributed by atoms with Gasteiger partial charge in [0.05, 0.1) is 17.1 Å². The predicted octanol–water partition coefficient (Wildman–Crippen LogP) is 1.87. The lowest BCUT2D eigenvalue weighted by molar-refractivity contribution is -0.120. The van der Waals surface area contributed by atoms with Gasteiger partial charge in [-0.2, -0.15) is 5.10 Å². The molecule has 2 heterocycles. The van der Waals surface area contributed by atoms with Gasteiger partial charge in [0.25, 0.3) is 0 Å². The summed E-state index contributed by atoms with van der Waals surface area (Å²) in [4.78, 5) is 16.3. The Kier molecular flexibility index (Phi) is 2.39. The van der Waals surface area contributed by atoms with E-state index >= 15 is 0 Å². The quantitative estimate of drug-likeness (QED) is 0.767. The second-order valence-electron chi connectivity index (χ2n) is 5.55. The van der Waals surface area contributed by atoms with Gasteiger partial charge in [-0.05, 0) is 35.7 Å². The third-order valence-electron chi connectivity index (χ3n) is 4.44. The summed E-state index contributed by atoms with van der Waals surface area (Å²) >= 11 is 0. The molecule has 3 N–H and O–H groups in total. The van der Waals surface area contributed by atoms with E-state index in [1.807, 2.05) is 36.5 Å². The first-order valence-electron chi connectivity index (χ1n) is 6.85. The summed E-state index contributed by atoms with van der Waals surface area (Å²) in [5.41, 5.74) is 8.08. The maximum atomic E-state index is 12.1. The SMILES string of the molecule is NC(=O)C1(c2ccc3[nH]ncc3c2)CC1c1cccnc1. The molecule has 1 saturated carbocycles. The molecule has 5 nitrogen and oxygen atoms in total. The van der Waals surface area contributed by atoms with Gasteiger partial charge in [0, 0.05) is 23.7 Å². The summed E-state index contributed by atoms with van der Waals surface area (Å²) in [6.07, 6.45) is 6.04. The van der Waals surface area contributed by atoms with Gasteiger partial charge in [-0.3, -0.25) is 14.9 Å². The summed E-state index contributed by atoms with van der Waals surface area (Å²) in [6, 6.07) is 9.79. The first-order valence-corrected chi connectivity index (χ1v) is 6.85. The van der Waals surface area contributed by atoms with E-state index in [0.717, 1.165) is 28.5 Å². The highest BCUT2D eigenvalue weighted by Crippen LogP contribution is 2.60. The lowest BCUT2D eigenvalue weighted by atomic mass is 9.90. The van der Waals surface area contributed by atoms with Crippen molar-refractivity contribution in [3.63, 3.8) is 0 Å². The van der Waals surface area contributed by atoms with Gasteiger partial charge in [-0.25, -0.2) is 0 Å². The van der Waals surface area contributed by atoms with Gasteiger partial charge in [-0.1, -0.05) is 12.1 Å². The number of pyridine rings is 1. The molecule has 0 aliphatic heterocycles. The van der Waals surface area contributed by atoms with Crippen LogP contribution >= 0.6 is 0 Å². The molecule has 1 aliphatic carbocycles. The maximum absolute atomic E-state index is 12.1. The second-order valence-corrected chi connectivity index (χ2v) is 5.55. The van der Waals surface area contributed by atoms with E-state index in [1.54, 1.807) is 12.4 Å². The number of hydrogen-bond acceptors (Lipinski definition) is 3. The lowest BCUT2D eigenvalue weighted by Gasteiger charge is -2.14. The molecule has 1 aromatic carbocycles. The molecule has 3 aromatic rings. The monoisotopic (exact) mass is 278 g/mol. The molecule has 104 valence electrons. The van der Waals surface area contributed by atoms with Gasteiger partial charge in [0.15, 0.2) is 0 Å². The molecule has 21 heavy (non-hydrogen) atoms. The number of H-pyrrole nitrogens is 1. The Labute approximate surface area is 121 Å². The number of aromatic amines is 1. The highest BCUT2D eigenvalue weighted by Gasteiger charge is 2.60. The van der Waals surface area contributed by atoms with Gasteiger partial charge in [-0.15, -0.1) is 0 Å². The van der Waals surface area contributed by atoms with Gasteiger partial charge in [0.1, 0.15) is 0 Å². The van der Waals surface area contributed by atoms with Gasteiger partial charge < -0.3 is 5.73 Å². The lowest BCUT2D eigenvalue weighted by Crippen LogP contribution is -2.30. The van der Waals surface area contributed by atoms with Gasteiger partial charge in [0.2, 0.25) is 5.91 Å². The van der Waals surface area contributed by atoms with E-state index in [4.69, 9.17) is 5.73 Å². The average molecular weight is 278 g/mol. The Morgan fingerprint density at radius 1 is 1.33 bits per heavy atom. The third-order valence-corrected chi connectivity index (χ3v) is 4.44. The predicted molar refractivity (Wildman–Crippen MR) is 78.6 cm³/mol. The average Bonchev–Trinajstić information content (AvgIpc) is 3.11. The Balaban J connectivity index is 1.81. The third kappa shape index (κ3) is 1.67. The Morgan fingerprint density at radius 3 is 3.00 bits per heavy atom. The highest BCUT2D eigenvalue weighted by atomic mass is 16.1. The minimum absolute atomic E-state index is 0.105. The number of nitrogens with one attached hydrogen (secondary N) is 1. The first kappa shape index (κ1) is 12.1. The maximum Gasteiger partial charge on any atom is 0.228 e. The zero-order chi connectivity index (χ0) is 14.4. The van der Waals surface area contributed by atoms with Crippen molar-refractivity contribution in [1.82, 2.24) is 15.2 Å². The number of amides is 1. The number of rotatable bonds is 3. The van der Waals surface area contributed by atoms with E-state index in [0.29, 0.717) is 0 Å². The van der Waals surface area contributed by atoms with E-state index in [-0.39, 0.29) is 11.8 Å². The van der Waals surface area contributed by atoms with Crippen LogP contribution in [0.2, 0.25) is 0 Å². The molecular formula is C16H14N4O. The van der Waals surface area contributed by atoms with Crippen LogP contribution in [0.25, 0.3) is 10.9 Å². The van der Waals surface area contributed by atoms with Crippen molar-refractivity contribution in [2.24, 2.45) is 5.73 Å². The summed E-state index contributed by atoms with van der Waals surface area (Å²) < 4.78 is 0. The summed E-state index contributed by atoms with van der Waals surface area (Å²) in [5.74, 6) is -0.174. The number of carbonyl (C=O) groups is 1. The van der Waals surface area contributed by atoms with Crippen LogP contribution in [0.3, 0.4) is 0 Å². The zero-order valence-electron chi connectivity index (χ0n) is 11.3. The van der Waals surface area contributed by atoms with Crippen LogP contribution in [0, 0.1) is 0 Å². The molecule has 1 amide bonds. The van der Waals surface area contributed by atoms with Crippen molar-refractivity contribution in [3.8, 4) is 0 Å². The molecule has 0 saturated heterocycles. The molecule has 1 fully saturated rings. The Hall–Kier alpha value is -2.69. The zero-order valence-corrected chi connectivity index (χ0v) is 11.3. The van der Waals surface area contributed by atoms with E-state index in [9.17, 15) is 4.79 Å². The van der Waals surface area contributed by atoms with Crippen LogP contribution < -0.4 is 5.73 Å². The minimum atomic E-state index is -0.617. The van der Waals surface area contributed by atoms with E-state index < -0.39 is 5.41 Å². The van der Waals surface area contributed by atoms with Crippen molar-refractivity contribution in [2.75, 3.05) is 0 Å². The molecule has 0 spiro atoms. The van der Waals surface area contributed by atoms with Crippen LogP contribution in [0.5, 0.6) is 0 Å². The summed E-state index contributed by atoms with van der Waals surface area (Å²) in [6.45, 7) is 0. The Bertz CT molecular complexity index is 826. The summed E-state index contributed by atoms with van der Waals surface area (Å²) in [7, 11) is 0. The first-order chi connectivity index (χ1) is 10.2. The molecule has 4 rings (SSSR count). The fourth-order valence-corrected chi connectivity index (χ4v) is 3.20. The van der Waals surface area contributed by atoms with Gasteiger partial charge >= 0.3 is 0 Å². The summed E-state index contributed by atoms with van der Waals surface area (Å²) in [5, 5.41) is 7.92. The van der Waals surface area contributed by atoms with Crippen LogP contribution in [0.15, 0.2) is 48.9 Å². The fourth-order valence-electron chi connectivity index (χ4n) is 3.20. The molecule has 2 atom stereocenters. The minimum Gasteiger partial charge on any atom is -0.369 e. The molecule has 2 aromatic heterocycles. The highest BCUT2D eigenvalue weighted by molar-refractivity contribution is 5.93. The number of hydrogen-bond donors (Lipinski definition) is 2. The standard InChI is InChI=1S/C16H14N4O/c17-15(21)16(7-13(16)10-2-1-5-18-8-10)12-3-4-14-11(6-12)9-19-20-14/h1-6,8-9,13H,7H2,(H2,17,21)(H,19,20). The number of nitrogens with two attached hydrogens (primary N) is 1. The topological polar surface area (TPSA) is 84.7 Å². The van der Waals surface area contributed by atoms with Crippen molar-refractivity contribution < 1.29 is 4.79 Å². The van der Waals surface area contributed by atoms with Crippen molar-refractivity contribution in [1.29, 1.82) is 0 Å². The number of carbonyl (C=O) groups excluding carboxylic acids is 1. The van der Waals surface area contributed by atoms with Crippen LogP contribution in [-0.2, 0) is 10.2 Å². The molecule has 0 bridgehead atoms. The van der Waals surface area contributed by atoms with Crippen molar-refractivity contribution >= 4 is 16.8 Å². The fraction of sp³-hybridized carbons (Fsp3) is 0.188. The largest absolute Gasteiger partial charge is 0.369 e. The van der Waals surface area contributed by atoms with E-state index in [2.05, 4.69) is 15.2 Å². The second kappa shape index (κ2) is 4.15. The number of nitrogens with zero attached hydrogens (tertiary/aromatic N) is 2. The number of primary amides is 1. The normalized spacial score (nSPS) is 24.1. The van der Waals surface area contributed by atoms with Crippen LogP contribution in [0.4, 0.5) is 0 Å². The Morgan fingerprint density at radius 2 is 2.24 bits per heavy atom. The number of aromatic nitrogens is 3. The van der Waals surface area contributed by atoms with Crippen molar-refractivity contribution in [3.05, 3.63) is 60.0 Å². The van der Waals surface area contributed by atoms with E-state index in [1.165, 1.54) is 0 Å². The number of fused-ring (bicyclic) bond motifs is 1. The van der Waals surface area contributed by atoms with Crippen molar-refractivity contribution in [2.45, 2.75) is 17.8 Å². The smallest absolute Gasteiger partial charge is 0.228 e. The molecular weight excluding hydrogens is 264 g/mol. The molecule has 5 heteroatoms. The van der Waals surface area contributed by atoms with Crippen LogP contribution in [0.1, 0.15) is 23.5 Å². The number of benzene rings is 1. The molecule has 2 unspecified atom stereocenters. The van der Waals surface area contributed by atoms with Crippen LogP contribution in [-0.4, -0.2) is 21.1 Å².